The van der Waals surface area contributed by atoms with Gasteiger partial charge < -0.3 is 14.8 Å². The van der Waals surface area contributed by atoms with Gasteiger partial charge in [-0.15, -0.1) is 10.2 Å². The standard InChI is InChI=1S/C16H12N4O5/c21-14(9-25-11-4-2-1-3-5-11)18-19-15-12-8-10(20(23)24)6-7-13(12)17-16(15)22/h1-8,17,22H,9H2. The number of fused-ring (bicyclic) bond motifs is 1. The molecule has 0 fully saturated rings. The van der Waals surface area contributed by atoms with Crippen molar-refractivity contribution in [2.75, 3.05) is 6.61 Å². The number of nitrogens with one attached hydrogen (secondary N) is 1. The lowest BCUT2D eigenvalue weighted by Gasteiger charge is -2.01. The summed E-state index contributed by atoms with van der Waals surface area (Å²) in [7, 11) is 0. The summed E-state index contributed by atoms with van der Waals surface area (Å²) in [5.74, 6) is -0.490. The van der Waals surface area contributed by atoms with Crippen molar-refractivity contribution in [1.29, 1.82) is 0 Å². The summed E-state index contributed by atoms with van der Waals surface area (Å²) in [5.41, 5.74) is 0.221. The van der Waals surface area contributed by atoms with E-state index in [0.717, 1.165) is 0 Å². The highest BCUT2D eigenvalue weighted by molar-refractivity contribution is 5.95. The fourth-order valence-electron chi connectivity index (χ4n) is 2.16. The molecule has 3 aromatic rings. The third-order valence-corrected chi connectivity index (χ3v) is 3.31. The number of azo groups is 1. The number of ether oxygens (including phenoxy) is 1. The highest BCUT2D eigenvalue weighted by Crippen LogP contribution is 2.37. The topological polar surface area (TPSA) is 130 Å². The van der Waals surface area contributed by atoms with E-state index in [4.69, 9.17) is 4.74 Å². The number of non-ortho nitro benzene ring substituents is 1. The number of hydrogen-bond acceptors (Lipinski definition) is 6. The molecule has 0 saturated carbocycles. The lowest BCUT2D eigenvalue weighted by molar-refractivity contribution is -0.384. The molecule has 3 rings (SSSR count). The van der Waals surface area contributed by atoms with E-state index in [1.54, 1.807) is 24.3 Å². The Balaban J connectivity index is 1.78. The summed E-state index contributed by atoms with van der Waals surface area (Å²) < 4.78 is 5.24. The zero-order valence-electron chi connectivity index (χ0n) is 12.7. The van der Waals surface area contributed by atoms with Gasteiger partial charge in [-0.1, -0.05) is 18.2 Å². The number of carbonyl (C=O) groups is 1. The molecule has 1 aromatic heterocycles. The van der Waals surface area contributed by atoms with E-state index in [1.807, 2.05) is 6.07 Å². The van der Waals surface area contributed by atoms with Gasteiger partial charge in [0.15, 0.2) is 12.3 Å². The van der Waals surface area contributed by atoms with Gasteiger partial charge in [-0.05, 0) is 18.2 Å². The van der Waals surface area contributed by atoms with E-state index < -0.39 is 10.8 Å². The fraction of sp³-hybridized carbons (Fsp3) is 0.0625. The average Bonchev–Trinajstić information content (AvgIpc) is 2.93. The molecule has 0 spiro atoms. The van der Waals surface area contributed by atoms with E-state index in [-0.39, 0.29) is 29.2 Å². The molecule has 0 atom stereocenters. The van der Waals surface area contributed by atoms with Gasteiger partial charge in [0.05, 0.1) is 10.4 Å². The van der Waals surface area contributed by atoms with Gasteiger partial charge in [0.1, 0.15) is 5.75 Å². The number of amides is 1. The molecule has 0 aliphatic rings. The monoisotopic (exact) mass is 340 g/mol. The Morgan fingerprint density at radius 1 is 1.24 bits per heavy atom. The van der Waals surface area contributed by atoms with Gasteiger partial charge in [0.25, 0.3) is 5.69 Å². The second kappa shape index (κ2) is 6.79. The predicted molar refractivity (Wildman–Crippen MR) is 88.1 cm³/mol. The summed E-state index contributed by atoms with van der Waals surface area (Å²) in [6, 6.07) is 12.7. The number of hydrogen-bond donors (Lipinski definition) is 2. The van der Waals surface area contributed by atoms with E-state index in [1.165, 1.54) is 18.2 Å². The van der Waals surface area contributed by atoms with Crippen LogP contribution in [0.25, 0.3) is 10.9 Å². The van der Waals surface area contributed by atoms with Crippen LogP contribution in [0, 0.1) is 10.1 Å². The smallest absolute Gasteiger partial charge is 0.302 e. The van der Waals surface area contributed by atoms with E-state index in [9.17, 15) is 20.0 Å². The molecular weight excluding hydrogens is 328 g/mol. The average molecular weight is 340 g/mol. The number of para-hydroxylation sites is 1. The highest BCUT2D eigenvalue weighted by atomic mass is 16.6. The molecule has 25 heavy (non-hydrogen) atoms. The summed E-state index contributed by atoms with van der Waals surface area (Å²) in [5, 5.41) is 28.2. The van der Waals surface area contributed by atoms with Crippen molar-refractivity contribution >= 4 is 28.2 Å². The Morgan fingerprint density at radius 3 is 2.72 bits per heavy atom. The van der Waals surface area contributed by atoms with Gasteiger partial charge in [-0.2, -0.15) is 0 Å². The first-order chi connectivity index (χ1) is 12.0. The van der Waals surface area contributed by atoms with Crippen molar-refractivity contribution in [3.05, 3.63) is 58.6 Å². The molecule has 1 amide bonds. The molecule has 0 saturated heterocycles. The second-order valence-corrected chi connectivity index (χ2v) is 5.00. The minimum atomic E-state index is -0.664. The van der Waals surface area contributed by atoms with Crippen LogP contribution in [0.3, 0.4) is 0 Å². The van der Waals surface area contributed by atoms with Crippen molar-refractivity contribution in [3.8, 4) is 11.6 Å². The quantitative estimate of drug-likeness (QED) is 0.417. The second-order valence-electron chi connectivity index (χ2n) is 5.00. The maximum Gasteiger partial charge on any atom is 0.302 e. The maximum absolute atomic E-state index is 11.7. The first-order valence-corrected chi connectivity index (χ1v) is 7.16. The number of aromatic hydroxyl groups is 1. The number of carbonyl (C=O) groups excluding carboxylic acids is 1. The number of H-pyrrole nitrogens is 1. The summed E-state index contributed by atoms with van der Waals surface area (Å²) in [6.07, 6.45) is 0. The molecule has 0 aliphatic carbocycles. The third-order valence-electron chi connectivity index (χ3n) is 3.31. The first kappa shape index (κ1) is 16.1. The molecule has 0 bridgehead atoms. The molecule has 0 radical (unpaired) electrons. The lowest BCUT2D eigenvalue weighted by atomic mass is 10.2. The predicted octanol–water partition coefficient (Wildman–Crippen LogP) is 3.47. The SMILES string of the molecule is O=C(COc1ccccc1)N=Nc1c(O)[nH]c2ccc([N+](=O)[O-])cc12. The zero-order valence-corrected chi connectivity index (χ0v) is 12.7. The number of aromatic amines is 1. The Kier molecular flexibility index (Phi) is 4.38. The molecule has 9 heteroatoms. The number of aromatic nitrogens is 1. The summed E-state index contributed by atoms with van der Waals surface area (Å²) in [4.78, 5) is 24.7. The van der Waals surface area contributed by atoms with Crippen LogP contribution in [0.4, 0.5) is 11.4 Å². The van der Waals surface area contributed by atoms with Crippen LogP contribution in [0.2, 0.25) is 0 Å². The minimum absolute atomic E-state index is 0.0493. The molecule has 2 aromatic carbocycles. The molecular formula is C16H12N4O5. The minimum Gasteiger partial charge on any atom is -0.493 e. The van der Waals surface area contributed by atoms with E-state index in [0.29, 0.717) is 11.3 Å². The summed E-state index contributed by atoms with van der Waals surface area (Å²) in [6.45, 7) is -0.323. The van der Waals surface area contributed by atoms with Crippen LogP contribution in [0.1, 0.15) is 0 Å². The van der Waals surface area contributed by atoms with Gasteiger partial charge in [0.2, 0.25) is 5.88 Å². The van der Waals surface area contributed by atoms with Crippen LogP contribution in [0.5, 0.6) is 11.6 Å². The molecule has 0 aliphatic heterocycles. The van der Waals surface area contributed by atoms with Crippen LogP contribution in [0.15, 0.2) is 58.8 Å². The Labute approximate surface area is 140 Å². The van der Waals surface area contributed by atoms with Gasteiger partial charge >= 0.3 is 5.91 Å². The van der Waals surface area contributed by atoms with Crippen molar-refractivity contribution in [1.82, 2.24) is 4.98 Å². The largest absolute Gasteiger partial charge is 0.493 e. The van der Waals surface area contributed by atoms with E-state index >= 15 is 0 Å². The van der Waals surface area contributed by atoms with Crippen molar-refractivity contribution in [2.45, 2.75) is 0 Å². The molecule has 126 valence electrons. The van der Waals surface area contributed by atoms with Crippen molar-refractivity contribution in [3.63, 3.8) is 0 Å². The molecule has 0 unspecified atom stereocenters. The van der Waals surface area contributed by atoms with Crippen LogP contribution in [-0.4, -0.2) is 27.5 Å². The Bertz CT molecular complexity index is 965. The van der Waals surface area contributed by atoms with Gasteiger partial charge in [0, 0.05) is 17.5 Å². The highest BCUT2D eigenvalue weighted by Gasteiger charge is 2.15. The van der Waals surface area contributed by atoms with Gasteiger partial charge in [-0.3, -0.25) is 14.9 Å². The third kappa shape index (κ3) is 3.61. The maximum atomic E-state index is 11.7. The Hall–Kier alpha value is -3.75. The molecule has 1 heterocycles. The van der Waals surface area contributed by atoms with E-state index in [2.05, 4.69) is 15.2 Å². The number of nitrogens with zero attached hydrogens (tertiary/aromatic N) is 3. The Morgan fingerprint density at radius 2 is 2.00 bits per heavy atom. The van der Waals surface area contributed by atoms with Crippen molar-refractivity contribution < 1.29 is 19.6 Å². The van der Waals surface area contributed by atoms with Crippen LogP contribution < -0.4 is 4.74 Å². The number of nitro groups is 1. The van der Waals surface area contributed by atoms with Crippen LogP contribution in [-0.2, 0) is 4.79 Å². The normalized spacial score (nSPS) is 11.0. The number of nitro benzene ring substituents is 1. The lowest BCUT2D eigenvalue weighted by Crippen LogP contribution is -2.07. The first-order valence-electron chi connectivity index (χ1n) is 7.16. The fourth-order valence-corrected chi connectivity index (χ4v) is 2.16. The number of rotatable bonds is 5. The molecule has 9 nitrogen and oxygen atoms in total. The van der Waals surface area contributed by atoms with Crippen molar-refractivity contribution in [2.24, 2.45) is 10.2 Å². The molecule has 2 N–H and O–H groups in total. The number of benzene rings is 2. The van der Waals surface area contributed by atoms with Crippen LogP contribution >= 0.6 is 0 Å². The zero-order chi connectivity index (χ0) is 17.8. The van der Waals surface area contributed by atoms with Gasteiger partial charge in [-0.25, -0.2) is 0 Å². The summed E-state index contributed by atoms with van der Waals surface area (Å²) >= 11 is 0.